The van der Waals surface area contributed by atoms with Crippen molar-refractivity contribution >= 4 is 5.97 Å². The minimum Gasteiger partial charge on any atom is -0.481 e. The van der Waals surface area contributed by atoms with Crippen LogP contribution in [-0.4, -0.2) is 11.1 Å². The molecular formula is C10H19O2. The van der Waals surface area contributed by atoms with Crippen LogP contribution < -0.4 is 0 Å². The Bertz CT molecular complexity index is 121. The summed E-state index contributed by atoms with van der Waals surface area (Å²) in [5.74, 6) is -0.329. The summed E-state index contributed by atoms with van der Waals surface area (Å²) in [4.78, 5) is 10.4. The van der Waals surface area contributed by atoms with Gasteiger partial charge in [0.05, 0.1) is 0 Å². The lowest BCUT2D eigenvalue weighted by molar-refractivity contribution is -0.138. The molecule has 0 aliphatic heterocycles. The maximum atomic E-state index is 10.4. The Kier molecular flexibility index (Phi) is 6.82. The van der Waals surface area contributed by atoms with Crippen LogP contribution in [0.5, 0.6) is 0 Å². The van der Waals surface area contributed by atoms with Crippen LogP contribution in [0, 0.1) is 12.8 Å². The highest BCUT2D eigenvalue weighted by Crippen LogP contribution is 2.18. The maximum Gasteiger partial charge on any atom is 0.303 e. The number of hydrogen-bond acceptors (Lipinski definition) is 1. The Morgan fingerprint density at radius 3 is 2.58 bits per heavy atom. The minimum atomic E-state index is -0.676. The smallest absolute Gasteiger partial charge is 0.303 e. The Morgan fingerprint density at radius 2 is 2.17 bits per heavy atom. The van der Waals surface area contributed by atoms with Crippen LogP contribution in [0.15, 0.2) is 0 Å². The SMILES string of the molecule is [CH2]CCC(CCCC)CC(=O)O. The molecule has 0 bridgehead atoms. The van der Waals surface area contributed by atoms with Gasteiger partial charge in [0.15, 0.2) is 0 Å². The largest absolute Gasteiger partial charge is 0.481 e. The van der Waals surface area contributed by atoms with Crippen molar-refractivity contribution in [1.82, 2.24) is 0 Å². The summed E-state index contributed by atoms with van der Waals surface area (Å²) in [5, 5.41) is 8.59. The van der Waals surface area contributed by atoms with Crippen LogP contribution in [0.3, 0.4) is 0 Å². The van der Waals surface area contributed by atoms with Crippen LogP contribution in [-0.2, 0) is 4.79 Å². The molecule has 12 heavy (non-hydrogen) atoms. The Hall–Kier alpha value is -0.530. The van der Waals surface area contributed by atoms with Crippen LogP contribution >= 0.6 is 0 Å². The second-order valence-corrected chi connectivity index (χ2v) is 3.25. The molecule has 1 unspecified atom stereocenters. The average Bonchev–Trinajstić information content (AvgIpc) is 2.00. The molecule has 71 valence electrons. The molecule has 1 N–H and O–H groups in total. The molecule has 0 aromatic heterocycles. The third-order valence-corrected chi connectivity index (χ3v) is 2.04. The van der Waals surface area contributed by atoms with Gasteiger partial charge in [-0.25, -0.2) is 0 Å². The molecule has 0 amide bonds. The van der Waals surface area contributed by atoms with E-state index in [0.29, 0.717) is 12.3 Å². The first-order valence-electron chi connectivity index (χ1n) is 4.71. The first-order chi connectivity index (χ1) is 5.70. The molecule has 2 nitrogen and oxygen atoms in total. The Balaban J connectivity index is 3.61. The molecule has 0 aromatic carbocycles. The molecule has 0 saturated heterocycles. The molecule has 0 saturated carbocycles. The summed E-state index contributed by atoms with van der Waals surface area (Å²) < 4.78 is 0. The topological polar surface area (TPSA) is 37.3 Å². The van der Waals surface area contributed by atoms with Gasteiger partial charge in [-0.05, 0) is 18.8 Å². The standard InChI is InChI=1S/C10H19O2/c1-3-5-7-9(6-4-2)8-10(11)12/h9H,2-8H2,1H3,(H,11,12). The van der Waals surface area contributed by atoms with Crippen LogP contribution in [0.1, 0.15) is 45.4 Å². The Labute approximate surface area is 75.0 Å². The van der Waals surface area contributed by atoms with Gasteiger partial charge < -0.3 is 5.11 Å². The van der Waals surface area contributed by atoms with Crippen molar-refractivity contribution in [2.24, 2.45) is 5.92 Å². The van der Waals surface area contributed by atoms with Crippen molar-refractivity contribution in [3.63, 3.8) is 0 Å². The number of carboxylic acids is 1. The lowest BCUT2D eigenvalue weighted by Crippen LogP contribution is -2.07. The number of carboxylic acid groups (broad SMARTS) is 1. The van der Waals surface area contributed by atoms with E-state index in [1.165, 1.54) is 0 Å². The van der Waals surface area contributed by atoms with E-state index < -0.39 is 5.97 Å². The fraction of sp³-hybridized carbons (Fsp3) is 0.800. The van der Waals surface area contributed by atoms with Crippen molar-refractivity contribution in [3.05, 3.63) is 6.92 Å². The third kappa shape index (κ3) is 6.20. The van der Waals surface area contributed by atoms with E-state index in [2.05, 4.69) is 13.8 Å². The molecule has 0 heterocycles. The lowest BCUT2D eigenvalue weighted by atomic mass is 9.94. The lowest BCUT2D eigenvalue weighted by Gasteiger charge is -2.12. The predicted octanol–water partition coefficient (Wildman–Crippen LogP) is 2.88. The summed E-state index contributed by atoms with van der Waals surface area (Å²) >= 11 is 0. The van der Waals surface area contributed by atoms with E-state index in [1.54, 1.807) is 0 Å². The second kappa shape index (κ2) is 7.14. The second-order valence-electron chi connectivity index (χ2n) is 3.25. The van der Waals surface area contributed by atoms with Gasteiger partial charge in [0.1, 0.15) is 0 Å². The predicted molar refractivity (Wildman–Crippen MR) is 49.9 cm³/mol. The van der Waals surface area contributed by atoms with Gasteiger partial charge >= 0.3 is 5.97 Å². The average molecular weight is 171 g/mol. The Morgan fingerprint density at radius 1 is 1.50 bits per heavy atom. The highest BCUT2D eigenvalue weighted by atomic mass is 16.4. The molecule has 0 aliphatic carbocycles. The number of carbonyl (C=O) groups is 1. The summed E-state index contributed by atoms with van der Waals surface area (Å²) in [7, 11) is 0. The monoisotopic (exact) mass is 171 g/mol. The van der Waals surface area contributed by atoms with Gasteiger partial charge in [-0.1, -0.05) is 33.1 Å². The number of rotatable bonds is 7. The highest BCUT2D eigenvalue weighted by molar-refractivity contribution is 5.66. The number of hydrogen-bond donors (Lipinski definition) is 1. The zero-order chi connectivity index (χ0) is 9.40. The summed E-state index contributed by atoms with van der Waals surface area (Å²) in [5.41, 5.74) is 0. The summed E-state index contributed by atoms with van der Waals surface area (Å²) in [6, 6.07) is 0. The van der Waals surface area contributed by atoms with E-state index in [1.807, 2.05) is 0 Å². The molecule has 1 radical (unpaired) electrons. The van der Waals surface area contributed by atoms with Gasteiger partial charge in [-0.3, -0.25) is 4.79 Å². The van der Waals surface area contributed by atoms with Crippen LogP contribution in [0.2, 0.25) is 0 Å². The van der Waals surface area contributed by atoms with E-state index >= 15 is 0 Å². The summed E-state index contributed by atoms with van der Waals surface area (Å²) in [6.45, 7) is 5.87. The van der Waals surface area contributed by atoms with Crippen LogP contribution in [0.4, 0.5) is 0 Å². The zero-order valence-electron chi connectivity index (χ0n) is 7.88. The van der Waals surface area contributed by atoms with Crippen molar-refractivity contribution < 1.29 is 9.90 Å². The molecule has 0 fully saturated rings. The first-order valence-corrected chi connectivity index (χ1v) is 4.71. The highest BCUT2D eigenvalue weighted by Gasteiger charge is 2.10. The molecular weight excluding hydrogens is 152 g/mol. The van der Waals surface area contributed by atoms with Gasteiger partial charge in [-0.2, -0.15) is 0 Å². The van der Waals surface area contributed by atoms with Crippen molar-refractivity contribution in [2.45, 2.75) is 45.4 Å². The van der Waals surface area contributed by atoms with Crippen LogP contribution in [0.25, 0.3) is 0 Å². The number of unbranched alkanes of at least 4 members (excludes halogenated alkanes) is 1. The van der Waals surface area contributed by atoms with Gasteiger partial charge in [0, 0.05) is 6.42 Å². The van der Waals surface area contributed by atoms with E-state index in [9.17, 15) is 4.79 Å². The van der Waals surface area contributed by atoms with Crippen molar-refractivity contribution in [1.29, 1.82) is 0 Å². The fourth-order valence-electron chi connectivity index (χ4n) is 1.38. The first kappa shape index (κ1) is 11.5. The zero-order valence-corrected chi connectivity index (χ0v) is 7.88. The quantitative estimate of drug-likeness (QED) is 0.639. The van der Waals surface area contributed by atoms with Gasteiger partial charge in [0.25, 0.3) is 0 Å². The molecule has 1 atom stereocenters. The van der Waals surface area contributed by atoms with Gasteiger partial charge in [0.2, 0.25) is 0 Å². The summed E-state index contributed by atoms with van der Waals surface area (Å²) in [6.07, 6.45) is 5.44. The maximum absolute atomic E-state index is 10.4. The molecule has 0 rings (SSSR count). The van der Waals surface area contributed by atoms with Gasteiger partial charge in [-0.15, -0.1) is 0 Å². The molecule has 0 aromatic rings. The molecule has 2 heteroatoms. The molecule has 0 spiro atoms. The number of aliphatic carboxylic acids is 1. The van der Waals surface area contributed by atoms with E-state index in [-0.39, 0.29) is 0 Å². The molecule has 0 aliphatic rings. The fourth-order valence-corrected chi connectivity index (χ4v) is 1.38. The normalized spacial score (nSPS) is 12.8. The minimum absolute atomic E-state index is 0.315. The van der Waals surface area contributed by atoms with Crippen molar-refractivity contribution in [2.75, 3.05) is 0 Å². The van der Waals surface area contributed by atoms with E-state index in [0.717, 1.165) is 32.1 Å². The van der Waals surface area contributed by atoms with E-state index in [4.69, 9.17) is 5.11 Å². The third-order valence-electron chi connectivity index (χ3n) is 2.04. The van der Waals surface area contributed by atoms with Crippen molar-refractivity contribution in [3.8, 4) is 0 Å².